The number of hydrogen-bond acceptors (Lipinski definition) is 5. The lowest BCUT2D eigenvalue weighted by Crippen LogP contribution is -2.52. The molecule has 5 rings (SSSR count). The second-order valence-electron chi connectivity index (χ2n) is 9.04. The minimum Gasteiger partial charge on any atom is -0.487 e. The molecule has 0 aliphatic carbocycles. The number of anilines is 1. The topological polar surface area (TPSA) is 57.8 Å². The predicted molar refractivity (Wildman–Crippen MR) is 145 cm³/mol. The molecule has 1 N–H and O–H groups in total. The molecule has 1 saturated heterocycles. The third-order valence-corrected chi connectivity index (χ3v) is 6.82. The fourth-order valence-electron chi connectivity index (χ4n) is 4.99. The van der Waals surface area contributed by atoms with Crippen LogP contribution >= 0.6 is 0 Å². The number of ether oxygens (including phenoxy) is 2. The van der Waals surface area contributed by atoms with Crippen molar-refractivity contribution in [3.8, 4) is 16.9 Å². The van der Waals surface area contributed by atoms with E-state index in [-0.39, 0.29) is 24.2 Å². The number of halogens is 2. The Balaban J connectivity index is 0.00000164. The zero-order valence-electron chi connectivity index (χ0n) is 22.3. The van der Waals surface area contributed by atoms with E-state index < -0.39 is 6.43 Å². The standard InChI is InChI=1S/C28H29F2N3O3.C2H6/c1-3-25(32-15-20(16-32)28(34)35-2)33-12-11-19-13-22(9-10-24(19)33)36-17-21-14-23(26(31-21)27(29)30)18-7-5-4-6-8-18;1-2/h3-10,13-14,20,27,31H,11-12,15-17H2,1-2H3;1-2H3/b25-3+;. The lowest BCUT2D eigenvalue weighted by molar-refractivity contribution is -0.150. The fourth-order valence-corrected chi connectivity index (χ4v) is 4.99. The van der Waals surface area contributed by atoms with Crippen LogP contribution in [0.25, 0.3) is 11.1 Å². The smallest absolute Gasteiger partial charge is 0.312 e. The highest BCUT2D eigenvalue weighted by Crippen LogP contribution is 2.37. The van der Waals surface area contributed by atoms with Crippen LogP contribution in [0, 0.1) is 5.92 Å². The Bertz CT molecular complexity index is 1270. The minimum absolute atomic E-state index is 0.0798. The lowest BCUT2D eigenvalue weighted by atomic mass is 10.0. The maximum atomic E-state index is 13.6. The number of carbonyl (C=O) groups is 1. The Morgan fingerprint density at radius 1 is 1.13 bits per heavy atom. The molecule has 3 heterocycles. The number of nitrogens with zero attached hydrogens (tertiary/aromatic N) is 2. The summed E-state index contributed by atoms with van der Waals surface area (Å²) in [6.07, 6.45) is 0.340. The van der Waals surface area contributed by atoms with Gasteiger partial charge in [-0.25, -0.2) is 8.78 Å². The zero-order chi connectivity index (χ0) is 27.2. The third kappa shape index (κ3) is 5.54. The van der Waals surface area contributed by atoms with Gasteiger partial charge >= 0.3 is 5.97 Å². The number of allylic oxidation sites excluding steroid dienone is 1. The molecule has 2 aliphatic rings. The van der Waals surface area contributed by atoms with E-state index in [0.29, 0.717) is 30.1 Å². The summed E-state index contributed by atoms with van der Waals surface area (Å²) in [5.41, 5.74) is 4.02. The van der Waals surface area contributed by atoms with Crippen molar-refractivity contribution >= 4 is 11.7 Å². The van der Waals surface area contributed by atoms with E-state index in [9.17, 15) is 13.6 Å². The first kappa shape index (κ1) is 27.2. The first-order valence-electron chi connectivity index (χ1n) is 13.1. The molecular weight excluding hydrogens is 488 g/mol. The second-order valence-corrected chi connectivity index (χ2v) is 9.04. The summed E-state index contributed by atoms with van der Waals surface area (Å²) in [5, 5.41) is 0. The van der Waals surface area contributed by atoms with Crippen LogP contribution in [0.15, 0.2) is 66.5 Å². The highest BCUT2D eigenvalue weighted by Gasteiger charge is 2.37. The minimum atomic E-state index is -2.60. The van der Waals surface area contributed by atoms with E-state index in [1.54, 1.807) is 6.07 Å². The molecule has 0 spiro atoms. The maximum absolute atomic E-state index is 13.6. The molecule has 1 aromatic heterocycles. The van der Waals surface area contributed by atoms with Crippen LogP contribution in [-0.4, -0.2) is 42.6 Å². The van der Waals surface area contributed by atoms with Crippen molar-refractivity contribution in [2.45, 2.75) is 40.2 Å². The second kappa shape index (κ2) is 12.2. The first-order valence-corrected chi connectivity index (χ1v) is 13.1. The van der Waals surface area contributed by atoms with Crippen LogP contribution in [0.1, 0.15) is 44.1 Å². The van der Waals surface area contributed by atoms with Crippen LogP contribution in [0.5, 0.6) is 5.75 Å². The molecule has 202 valence electrons. The number of aromatic amines is 1. The number of methoxy groups -OCH3 is 1. The van der Waals surface area contributed by atoms with E-state index in [1.165, 1.54) is 12.7 Å². The molecule has 6 nitrogen and oxygen atoms in total. The van der Waals surface area contributed by atoms with Gasteiger partial charge < -0.3 is 24.3 Å². The number of nitrogens with one attached hydrogen (secondary N) is 1. The number of esters is 1. The number of hydrogen-bond donors (Lipinski definition) is 1. The molecule has 8 heteroatoms. The third-order valence-electron chi connectivity index (χ3n) is 6.82. The van der Waals surface area contributed by atoms with Crippen molar-refractivity contribution in [2.75, 3.05) is 31.6 Å². The van der Waals surface area contributed by atoms with Gasteiger partial charge in [-0.1, -0.05) is 44.2 Å². The molecule has 0 amide bonds. The van der Waals surface area contributed by atoms with Gasteiger partial charge in [-0.3, -0.25) is 4.79 Å². The van der Waals surface area contributed by atoms with Gasteiger partial charge in [0.25, 0.3) is 6.43 Å². The molecule has 0 saturated carbocycles. The molecule has 1 fully saturated rings. The molecule has 2 aromatic carbocycles. The fraction of sp³-hybridized carbons (Fsp3) is 0.367. The van der Waals surface area contributed by atoms with Crippen LogP contribution in [0.4, 0.5) is 14.5 Å². The van der Waals surface area contributed by atoms with Crippen LogP contribution in [-0.2, 0) is 22.6 Å². The summed E-state index contributed by atoms with van der Waals surface area (Å²) in [5.74, 6) is 1.54. The molecule has 2 aliphatic heterocycles. The average Bonchev–Trinajstić information content (AvgIpc) is 3.55. The quantitative estimate of drug-likeness (QED) is 0.339. The van der Waals surface area contributed by atoms with Crippen molar-refractivity contribution in [2.24, 2.45) is 5.92 Å². The molecule has 0 bridgehead atoms. The zero-order valence-corrected chi connectivity index (χ0v) is 22.3. The highest BCUT2D eigenvalue weighted by atomic mass is 19.3. The molecule has 0 atom stereocenters. The van der Waals surface area contributed by atoms with Crippen molar-refractivity contribution in [3.05, 3.63) is 83.4 Å². The van der Waals surface area contributed by atoms with Gasteiger partial charge in [-0.2, -0.15) is 0 Å². The predicted octanol–water partition coefficient (Wildman–Crippen LogP) is 6.55. The number of rotatable bonds is 8. The summed E-state index contributed by atoms with van der Waals surface area (Å²) >= 11 is 0. The monoisotopic (exact) mass is 523 g/mol. The molecule has 38 heavy (non-hydrogen) atoms. The number of H-pyrrole nitrogens is 1. The van der Waals surface area contributed by atoms with E-state index >= 15 is 0 Å². The van der Waals surface area contributed by atoms with E-state index in [0.717, 1.165) is 30.0 Å². The van der Waals surface area contributed by atoms with Gasteiger partial charge in [-0.05, 0) is 54.8 Å². The van der Waals surface area contributed by atoms with Gasteiger partial charge in [0, 0.05) is 30.9 Å². The summed E-state index contributed by atoms with van der Waals surface area (Å²) in [6.45, 7) is 8.32. The highest BCUT2D eigenvalue weighted by molar-refractivity contribution is 5.74. The van der Waals surface area contributed by atoms with Crippen molar-refractivity contribution in [1.29, 1.82) is 0 Å². The van der Waals surface area contributed by atoms with Gasteiger partial charge in [-0.15, -0.1) is 0 Å². The Kier molecular flexibility index (Phi) is 8.71. The largest absolute Gasteiger partial charge is 0.487 e. The van der Waals surface area contributed by atoms with Crippen LogP contribution in [0.2, 0.25) is 0 Å². The molecular formula is C30H35F2N3O3. The Morgan fingerprint density at radius 2 is 1.87 bits per heavy atom. The number of alkyl halides is 2. The SMILES string of the molecule is C/C=C(\N1CC(C(=O)OC)C1)N1CCc2cc(OCc3cc(-c4ccccc4)c(C(F)F)[nH]3)ccc21.CC. The number of carbonyl (C=O) groups excluding carboxylic acids is 1. The van der Waals surface area contributed by atoms with Crippen LogP contribution in [0.3, 0.4) is 0 Å². The molecule has 0 radical (unpaired) electrons. The van der Waals surface area contributed by atoms with Gasteiger partial charge in [0.05, 0.1) is 24.4 Å². The first-order chi connectivity index (χ1) is 18.5. The Labute approximate surface area is 222 Å². The maximum Gasteiger partial charge on any atom is 0.312 e. The Hall–Kier alpha value is -3.81. The average molecular weight is 524 g/mol. The van der Waals surface area contributed by atoms with Gasteiger partial charge in [0.15, 0.2) is 0 Å². The summed E-state index contributed by atoms with van der Waals surface area (Å²) < 4.78 is 38.1. The number of benzene rings is 2. The Morgan fingerprint density at radius 3 is 2.53 bits per heavy atom. The van der Waals surface area contributed by atoms with E-state index in [1.807, 2.05) is 69.3 Å². The number of fused-ring (bicyclic) bond motifs is 1. The number of aromatic nitrogens is 1. The van der Waals surface area contributed by atoms with Crippen molar-refractivity contribution < 1.29 is 23.0 Å². The van der Waals surface area contributed by atoms with Gasteiger partial charge in [0.1, 0.15) is 18.2 Å². The number of likely N-dealkylation sites (tertiary alicyclic amines) is 1. The molecule has 3 aromatic rings. The lowest BCUT2D eigenvalue weighted by Gasteiger charge is -2.43. The summed E-state index contributed by atoms with van der Waals surface area (Å²) in [6, 6.07) is 16.9. The van der Waals surface area contributed by atoms with Crippen LogP contribution < -0.4 is 9.64 Å². The van der Waals surface area contributed by atoms with Gasteiger partial charge in [0.2, 0.25) is 0 Å². The summed E-state index contributed by atoms with van der Waals surface area (Å²) in [4.78, 5) is 19.1. The van der Waals surface area contributed by atoms with E-state index in [2.05, 4.69) is 20.9 Å². The normalized spacial score (nSPS) is 15.1. The van der Waals surface area contributed by atoms with E-state index in [4.69, 9.17) is 9.47 Å². The van der Waals surface area contributed by atoms with Crippen molar-refractivity contribution in [1.82, 2.24) is 9.88 Å². The summed E-state index contributed by atoms with van der Waals surface area (Å²) in [7, 11) is 1.42. The van der Waals surface area contributed by atoms with Crippen molar-refractivity contribution in [3.63, 3.8) is 0 Å². The molecule has 0 unspecified atom stereocenters.